The largest absolute Gasteiger partial charge is 0.502 e. The standard InChI is InChI=1S/C17H11N5O6S/c23-15-11(6-12(21(25)26)8-13(15)22(27)28)7-14-16(24)19-17(29-14)20-18-9-10-4-2-1-3-5-10/h1-9,23H,(H,19,20,24)/b14-7-,18-9+. The summed E-state index contributed by atoms with van der Waals surface area (Å²) in [6.45, 7) is 0. The van der Waals surface area contributed by atoms with Gasteiger partial charge in [-0.3, -0.25) is 30.3 Å². The van der Waals surface area contributed by atoms with Crippen LogP contribution in [0.4, 0.5) is 11.4 Å². The van der Waals surface area contributed by atoms with Gasteiger partial charge in [0.1, 0.15) is 0 Å². The van der Waals surface area contributed by atoms with Crippen LogP contribution < -0.4 is 5.32 Å². The molecule has 0 radical (unpaired) electrons. The van der Waals surface area contributed by atoms with Gasteiger partial charge in [-0.1, -0.05) is 30.3 Å². The fraction of sp³-hybridized carbons (Fsp3) is 0. The summed E-state index contributed by atoms with van der Waals surface area (Å²) in [7, 11) is 0. The summed E-state index contributed by atoms with van der Waals surface area (Å²) >= 11 is 0.872. The number of nitro benzene ring substituents is 2. The number of phenols is 1. The van der Waals surface area contributed by atoms with Gasteiger partial charge in [-0.25, -0.2) is 0 Å². The van der Waals surface area contributed by atoms with Crippen molar-refractivity contribution in [1.29, 1.82) is 0 Å². The summed E-state index contributed by atoms with van der Waals surface area (Å²) in [6.07, 6.45) is 2.59. The molecule has 3 rings (SSSR count). The molecular weight excluding hydrogens is 402 g/mol. The number of nitrogens with one attached hydrogen (secondary N) is 1. The molecule has 1 heterocycles. The highest BCUT2D eigenvalue weighted by Crippen LogP contribution is 2.37. The molecule has 1 saturated heterocycles. The molecule has 0 spiro atoms. The first kappa shape index (κ1) is 19.7. The number of amides is 1. The summed E-state index contributed by atoms with van der Waals surface area (Å²) in [5, 5.41) is 42.4. The van der Waals surface area contributed by atoms with Crippen LogP contribution in [0.2, 0.25) is 0 Å². The van der Waals surface area contributed by atoms with E-state index in [1.165, 1.54) is 6.21 Å². The summed E-state index contributed by atoms with van der Waals surface area (Å²) in [5.74, 6) is -1.37. The SMILES string of the molecule is O=C1N/C(=N\N=C\c2ccccc2)S/C1=C\c1cc([N+](=O)[O-])cc([N+](=O)[O-])c1O. The van der Waals surface area contributed by atoms with Crippen molar-refractivity contribution in [2.75, 3.05) is 0 Å². The van der Waals surface area contributed by atoms with Crippen LogP contribution in [0.3, 0.4) is 0 Å². The topological polar surface area (TPSA) is 160 Å². The Kier molecular flexibility index (Phi) is 5.64. The Morgan fingerprint density at radius 2 is 1.83 bits per heavy atom. The summed E-state index contributed by atoms with van der Waals surface area (Å²) in [4.78, 5) is 32.4. The minimum atomic E-state index is -0.947. The monoisotopic (exact) mass is 413 g/mol. The molecule has 0 unspecified atom stereocenters. The van der Waals surface area contributed by atoms with Crippen LogP contribution in [0.1, 0.15) is 11.1 Å². The molecule has 0 aliphatic carbocycles. The number of thioether (sulfide) groups is 1. The number of nitrogens with zero attached hydrogens (tertiary/aromatic N) is 4. The second-order valence-electron chi connectivity index (χ2n) is 5.54. The summed E-state index contributed by atoms with van der Waals surface area (Å²) < 4.78 is 0. The van der Waals surface area contributed by atoms with Crippen molar-refractivity contribution in [3.8, 4) is 5.75 Å². The maximum absolute atomic E-state index is 12.1. The van der Waals surface area contributed by atoms with Crippen LogP contribution in [0.25, 0.3) is 6.08 Å². The number of nitro groups is 2. The van der Waals surface area contributed by atoms with Gasteiger partial charge in [0.05, 0.1) is 27.0 Å². The van der Waals surface area contributed by atoms with Crippen molar-refractivity contribution < 1.29 is 19.7 Å². The third kappa shape index (κ3) is 4.62. The Morgan fingerprint density at radius 1 is 1.10 bits per heavy atom. The third-order valence-electron chi connectivity index (χ3n) is 3.60. The van der Waals surface area contributed by atoms with E-state index in [-0.39, 0.29) is 15.6 Å². The Labute approximate surface area is 166 Å². The van der Waals surface area contributed by atoms with Gasteiger partial charge in [-0.15, -0.1) is 5.10 Å². The lowest BCUT2D eigenvalue weighted by atomic mass is 10.1. The molecule has 1 fully saturated rings. The van der Waals surface area contributed by atoms with E-state index in [0.717, 1.165) is 29.5 Å². The number of carbonyl (C=O) groups excluding carboxylic acids is 1. The van der Waals surface area contributed by atoms with E-state index in [2.05, 4.69) is 15.5 Å². The van der Waals surface area contributed by atoms with Gasteiger partial charge in [0.25, 0.3) is 11.6 Å². The lowest BCUT2D eigenvalue weighted by Crippen LogP contribution is -2.19. The molecule has 0 bridgehead atoms. The molecule has 29 heavy (non-hydrogen) atoms. The lowest BCUT2D eigenvalue weighted by Gasteiger charge is -2.02. The van der Waals surface area contributed by atoms with Gasteiger partial charge in [-0.2, -0.15) is 5.10 Å². The maximum Gasteiger partial charge on any atom is 0.318 e. The average molecular weight is 413 g/mol. The van der Waals surface area contributed by atoms with Gasteiger partial charge in [-0.05, 0) is 23.4 Å². The van der Waals surface area contributed by atoms with Crippen LogP contribution in [0.15, 0.2) is 57.6 Å². The predicted octanol–water partition coefficient (Wildman–Crippen LogP) is 2.80. The molecule has 146 valence electrons. The Morgan fingerprint density at radius 3 is 2.48 bits per heavy atom. The molecule has 1 aliphatic rings. The van der Waals surface area contributed by atoms with Crippen molar-refractivity contribution >= 4 is 46.5 Å². The zero-order chi connectivity index (χ0) is 21.0. The summed E-state index contributed by atoms with van der Waals surface area (Å²) in [6, 6.07) is 10.7. The van der Waals surface area contributed by atoms with Crippen molar-refractivity contribution in [2.45, 2.75) is 0 Å². The average Bonchev–Trinajstić information content (AvgIpc) is 3.03. The van der Waals surface area contributed by atoms with Crippen LogP contribution in [-0.2, 0) is 4.79 Å². The molecule has 0 saturated carbocycles. The minimum absolute atomic E-state index is 0.0313. The molecular formula is C17H11N5O6S. The fourth-order valence-electron chi connectivity index (χ4n) is 2.28. The molecule has 0 aromatic heterocycles. The molecule has 1 aliphatic heterocycles. The minimum Gasteiger partial charge on any atom is -0.502 e. The van der Waals surface area contributed by atoms with E-state index in [0.29, 0.717) is 6.07 Å². The van der Waals surface area contributed by atoms with E-state index in [1.54, 1.807) is 0 Å². The first-order chi connectivity index (χ1) is 13.8. The highest BCUT2D eigenvalue weighted by Gasteiger charge is 2.27. The second kappa shape index (κ2) is 8.31. The smallest absolute Gasteiger partial charge is 0.318 e. The number of amidine groups is 1. The first-order valence-corrected chi connectivity index (χ1v) is 8.69. The second-order valence-corrected chi connectivity index (χ2v) is 6.57. The summed E-state index contributed by atoms with van der Waals surface area (Å²) in [5.41, 5.74) is -0.865. The predicted molar refractivity (Wildman–Crippen MR) is 107 cm³/mol. The number of hydrogen-bond acceptors (Lipinski definition) is 9. The molecule has 2 aromatic carbocycles. The van der Waals surface area contributed by atoms with E-state index in [4.69, 9.17) is 0 Å². The van der Waals surface area contributed by atoms with Crippen LogP contribution in [-0.4, -0.2) is 32.2 Å². The van der Waals surface area contributed by atoms with Crippen molar-refractivity contribution in [3.63, 3.8) is 0 Å². The molecule has 2 aromatic rings. The number of non-ortho nitro benzene ring substituents is 1. The number of rotatable bonds is 5. The van der Waals surface area contributed by atoms with Crippen LogP contribution in [0.5, 0.6) is 5.75 Å². The quantitative estimate of drug-likeness (QED) is 0.330. The van der Waals surface area contributed by atoms with Crippen molar-refractivity contribution in [2.24, 2.45) is 10.2 Å². The molecule has 11 nitrogen and oxygen atoms in total. The van der Waals surface area contributed by atoms with Crippen LogP contribution in [0, 0.1) is 20.2 Å². The normalized spacial score (nSPS) is 16.5. The first-order valence-electron chi connectivity index (χ1n) is 7.88. The highest BCUT2D eigenvalue weighted by atomic mass is 32.2. The number of hydrogen-bond donors (Lipinski definition) is 2. The Bertz CT molecular complexity index is 1100. The highest BCUT2D eigenvalue weighted by molar-refractivity contribution is 8.18. The molecule has 1 amide bonds. The van der Waals surface area contributed by atoms with E-state index in [1.807, 2.05) is 30.3 Å². The third-order valence-corrected chi connectivity index (χ3v) is 4.50. The molecule has 2 N–H and O–H groups in total. The fourth-order valence-corrected chi connectivity index (χ4v) is 3.05. The number of carbonyl (C=O) groups is 1. The lowest BCUT2D eigenvalue weighted by molar-refractivity contribution is -0.394. The van der Waals surface area contributed by atoms with Gasteiger partial charge in [0.2, 0.25) is 5.75 Å². The van der Waals surface area contributed by atoms with Gasteiger partial charge < -0.3 is 5.11 Å². The number of phenolic OH excluding ortho intramolecular Hbond substituents is 1. The van der Waals surface area contributed by atoms with Gasteiger partial charge in [0.15, 0.2) is 5.17 Å². The van der Waals surface area contributed by atoms with Gasteiger partial charge in [0, 0.05) is 11.6 Å². The molecule has 0 atom stereocenters. The van der Waals surface area contributed by atoms with E-state index in [9.17, 15) is 30.1 Å². The molecule has 12 heteroatoms. The zero-order valence-electron chi connectivity index (χ0n) is 14.4. The van der Waals surface area contributed by atoms with Crippen molar-refractivity contribution in [1.82, 2.24) is 5.32 Å². The van der Waals surface area contributed by atoms with E-state index >= 15 is 0 Å². The number of benzene rings is 2. The van der Waals surface area contributed by atoms with Crippen molar-refractivity contribution in [3.05, 3.63) is 78.7 Å². The zero-order valence-corrected chi connectivity index (χ0v) is 15.2. The van der Waals surface area contributed by atoms with Crippen LogP contribution >= 0.6 is 11.8 Å². The Hall–Kier alpha value is -4.06. The number of aromatic hydroxyl groups is 1. The maximum atomic E-state index is 12.1. The van der Waals surface area contributed by atoms with Gasteiger partial charge >= 0.3 is 5.69 Å². The Balaban J connectivity index is 1.88. The van der Waals surface area contributed by atoms with E-state index < -0.39 is 32.9 Å².